The Morgan fingerprint density at radius 2 is 1.84 bits per heavy atom. The fourth-order valence-electron chi connectivity index (χ4n) is 5.11. The quantitative estimate of drug-likeness (QED) is 0.367. The van der Waals surface area contributed by atoms with Crippen molar-refractivity contribution in [1.29, 1.82) is 0 Å². The number of H-pyrrole nitrogens is 1. The van der Waals surface area contributed by atoms with Gasteiger partial charge in [-0.25, -0.2) is 9.07 Å². The van der Waals surface area contributed by atoms with Gasteiger partial charge in [-0.2, -0.15) is 9.49 Å². The van der Waals surface area contributed by atoms with Crippen LogP contribution in [0, 0.1) is 29.5 Å². The molecule has 0 radical (unpaired) electrons. The van der Waals surface area contributed by atoms with Crippen LogP contribution in [-0.2, 0) is 4.79 Å². The van der Waals surface area contributed by atoms with E-state index >= 15 is 4.39 Å². The smallest absolute Gasteiger partial charge is 0.257 e. The van der Waals surface area contributed by atoms with Gasteiger partial charge in [0.05, 0.1) is 17.9 Å². The topological polar surface area (TPSA) is 135 Å². The third-order valence-corrected chi connectivity index (χ3v) is 7.38. The molecule has 2 fully saturated rings. The number of anilines is 1. The minimum atomic E-state index is -0.940. The standard InChI is InChI=1S/C26H30F2N6O4/c1-12(2)21-18(11-38-33-21)25(36)32-22(20(14-4-5-14)15-6-7-15)26(37)31-19-10-30-34(23(19)28)13(3)17-8-16(27)9-29-24(17)35/h8-15,20,22H,4-7H2,1-3H3,(H,29,35)(H,31,37)(H,32,36)/t13-,22-/m0/s1. The number of nitrogens with zero attached hydrogens (tertiary/aromatic N) is 3. The Hall–Kier alpha value is -3.83. The second-order valence-electron chi connectivity index (χ2n) is 10.5. The number of rotatable bonds is 10. The van der Waals surface area contributed by atoms with Gasteiger partial charge < -0.3 is 20.1 Å². The third-order valence-electron chi connectivity index (χ3n) is 7.38. The highest BCUT2D eigenvalue weighted by Gasteiger charge is 2.48. The van der Waals surface area contributed by atoms with Gasteiger partial charge in [0.1, 0.15) is 29.4 Å². The fraction of sp³-hybridized carbons (Fsp3) is 0.500. The lowest BCUT2D eigenvalue weighted by Crippen LogP contribution is -2.50. The number of hydrogen-bond acceptors (Lipinski definition) is 6. The maximum absolute atomic E-state index is 15.4. The molecule has 10 nitrogen and oxygen atoms in total. The molecule has 2 atom stereocenters. The van der Waals surface area contributed by atoms with Gasteiger partial charge in [0.25, 0.3) is 11.5 Å². The Labute approximate surface area is 217 Å². The van der Waals surface area contributed by atoms with Crippen molar-refractivity contribution in [3.63, 3.8) is 0 Å². The Morgan fingerprint density at radius 3 is 2.47 bits per heavy atom. The first-order chi connectivity index (χ1) is 18.2. The van der Waals surface area contributed by atoms with E-state index < -0.39 is 41.2 Å². The summed E-state index contributed by atoms with van der Waals surface area (Å²) in [5.74, 6) is -2.13. The molecule has 3 aromatic heterocycles. The van der Waals surface area contributed by atoms with E-state index in [-0.39, 0.29) is 28.7 Å². The molecule has 2 amide bonds. The zero-order valence-electron chi connectivity index (χ0n) is 21.3. The van der Waals surface area contributed by atoms with Crippen molar-refractivity contribution in [2.45, 2.75) is 64.5 Å². The number of aromatic nitrogens is 4. The van der Waals surface area contributed by atoms with Crippen LogP contribution in [0.1, 0.15) is 80.0 Å². The summed E-state index contributed by atoms with van der Waals surface area (Å²) in [6.07, 6.45) is 7.19. The van der Waals surface area contributed by atoms with Crippen LogP contribution < -0.4 is 16.2 Å². The lowest BCUT2D eigenvalue weighted by Gasteiger charge is -2.27. The molecule has 0 aromatic carbocycles. The number of carbonyl (C=O) groups excluding carboxylic acids is 2. The highest BCUT2D eigenvalue weighted by molar-refractivity contribution is 6.01. The minimum Gasteiger partial charge on any atom is -0.364 e. The molecule has 3 N–H and O–H groups in total. The molecule has 3 heterocycles. The maximum Gasteiger partial charge on any atom is 0.257 e. The highest BCUT2D eigenvalue weighted by atomic mass is 19.1. The summed E-state index contributed by atoms with van der Waals surface area (Å²) in [7, 11) is 0. The predicted octanol–water partition coefficient (Wildman–Crippen LogP) is 3.74. The van der Waals surface area contributed by atoms with Crippen LogP contribution >= 0.6 is 0 Å². The molecule has 3 aromatic rings. The SMILES string of the molecule is CC(C)c1nocc1C(=O)N[C@H](C(=O)Nc1cnn([C@@H](C)c2cc(F)c[nH]c2=O)c1F)C(C1CC1)C1CC1. The molecule has 12 heteroatoms. The summed E-state index contributed by atoms with van der Waals surface area (Å²) < 4.78 is 35.0. The summed E-state index contributed by atoms with van der Waals surface area (Å²) in [5.41, 5.74) is -0.0475. The van der Waals surface area contributed by atoms with Crippen LogP contribution in [0.15, 0.2) is 34.0 Å². The van der Waals surface area contributed by atoms with Crippen molar-refractivity contribution >= 4 is 17.5 Å². The van der Waals surface area contributed by atoms with E-state index in [4.69, 9.17) is 4.52 Å². The lowest BCUT2D eigenvalue weighted by atomic mass is 9.88. The molecule has 5 rings (SSSR count). The molecular formula is C26H30F2N6O4. The first-order valence-corrected chi connectivity index (χ1v) is 12.8. The van der Waals surface area contributed by atoms with Crippen LogP contribution in [0.2, 0.25) is 0 Å². The van der Waals surface area contributed by atoms with E-state index in [2.05, 4.69) is 25.9 Å². The minimum absolute atomic E-state index is 0.0211. The second kappa shape index (κ2) is 10.1. The van der Waals surface area contributed by atoms with Crippen molar-refractivity contribution in [3.8, 4) is 0 Å². The van der Waals surface area contributed by atoms with Crippen molar-refractivity contribution in [2.24, 2.45) is 17.8 Å². The summed E-state index contributed by atoms with van der Waals surface area (Å²) in [6.45, 7) is 5.26. The van der Waals surface area contributed by atoms with E-state index in [1.54, 1.807) is 0 Å². The third kappa shape index (κ3) is 5.11. The number of carbonyl (C=O) groups is 2. The Bertz CT molecular complexity index is 1390. The number of aromatic amines is 1. The van der Waals surface area contributed by atoms with Gasteiger partial charge in [0.15, 0.2) is 0 Å². The van der Waals surface area contributed by atoms with E-state index in [0.29, 0.717) is 17.5 Å². The van der Waals surface area contributed by atoms with E-state index in [9.17, 15) is 18.8 Å². The molecule has 38 heavy (non-hydrogen) atoms. The van der Waals surface area contributed by atoms with E-state index in [1.807, 2.05) is 13.8 Å². The van der Waals surface area contributed by atoms with E-state index in [1.165, 1.54) is 13.2 Å². The van der Waals surface area contributed by atoms with Crippen LogP contribution in [0.25, 0.3) is 0 Å². The average Bonchev–Trinajstić information content (AvgIpc) is 3.81. The molecule has 0 spiro atoms. The summed E-state index contributed by atoms with van der Waals surface area (Å²) in [4.78, 5) is 41.2. The number of halogens is 2. The average molecular weight is 529 g/mol. The zero-order valence-corrected chi connectivity index (χ0v) is 21.3. The largest absolute Gasteiger partial charge is 0.364 e. The number of pyridine rings is 1. The molecule has 202 valence electrons. The molecule has 2 aliphatic rings. The zero-order chi connectivity index (χ0) is 27.1. The molecule has 0 bridgehead atoms. The number of nitrogens with one attached hydrogen (secondary N) is 3. The van der Waals surface area contributed by atoms with Crippen molar-refractivity contribution in [2.75, 3.05) is 5.32 Å². The van der Waals surface area contributed by atoms with E-state index in [0.717, 1.165) is 48.8 Å². The van der Waals surface area contributed by atoms with Gasteiger partial charge in [-0.05, 0) is 62.3 Å². The van der Waals surface area contributed by atoms with Gasteiger partial charge in [0.2, 0.25) is 11.9 Å². The van der Waals surface area contributed by atoms with Crippen LogP contribution in [0.5, 0.6) is 0 Å². The normalized spacial score (nSPS) is 17.0. The first kappa shape index (κ1) is 25.8. The molecule has 2 aliphatic carbocycles. The lowest BCUT2D eigenvalue weighted by molar-refractivity contribution is -0.119. The molecule has 0 unspecified atom stereocenters. The monoisotopic (exact) mass is 528 g/mol. The Balaban J connectivity index is 1.39. The summed E-state index contributed by atoms with van der Waals surface area (Å²) in [6, 6.07) is -0.826. The van der Waals surface area contributed by atoms with Crippen molar-refractivity contribution in [1.82, 2.24) is 25.2 Å². The summed E-state index contributed by atoms with van der Waals surface area (Å²) in [5, 5.41) is 13.4. The van der Waals surface area contributed by atoms with Gasteiger partial charge in [-0.15, -0.1) is 0 Å². The van der Waals surface area contributed by atoms with Crippen molar-refractivity contribution in [3.05, 3.63) is 63.7 Å². The molecular weight excluding hydrogens is 498 g/mol. The van der Waals surface area contributed by atoms with Gasteiger partial charge >= 0.3 is 0 Å². The summed E-state index contributed by atoms with van der Waals surface area (Å²) >= 11 is 0. The van der Waals surface area contributed by atoms with Crippen LogP contribution in [0.3, 0.4) is 0 Å². The molecule has 0 saturated heterocycles. The van der Waals surface area contributed by atoms with Gasteiger partial charge in [-0.1, -0.05) is 19.0 Å². The van der Waals surface area contributed by atoms with Crippen molar-refractivity contribution < 1.29 is 22.9 Å². The fourth-order valence-corrected chi connectivity index (χ4v) is 5.11. The molecule has 0 aliphatic heterocycles. The Kier molecular flexibility index (Phi) is 6.89. The molecule has 2 saturated carbocycles. The maximum atomic E-state index is 15.4. The number of hydrogen-bond donors (Lipinski definition) is 3. The van der Waals surface area contributed by atoms with Crippen LogP contribution in [-0.4, -0.2) is 37.8 Å². The Morgan fingerprint density at radius 1 is 1.16 bits per heavy atom. The predicted molar refractivity (Wildman–Crippen MR) is 132 cm³/mol. The first-order valence-electron chi connectivity index (χ1n) is 12.8. The van der Waals surface area contributed by atoms with Gasteiger partial charge in [-0.3, -0.25) is 14.4 Å². The second-order valence-corrected chi connectivity index (χ2v) is 10.5. The van der Waals surface area contributed by atoms with Crippen LogP contribution in [0.4, 0.5) is 14.5 Å². The number of amides is 2. The van der Waals surface area contributed by atoms with Gasteiger partial charge in [0, 0.05) is 11.8 Å². The highest BCUT2D eigenvalue weighted by Crippen LogP contribution is 2.51.